The van der Waals surface area contributed by atoms with Gasteiger partial charge in [0, 0.05) is 17.4 Å². The lowest BCUT2D eigenvalue weighted by molar-refractivity contribution is -0.115. The van der Waals surface area contributed by atoms with Crippen LogP contribution < -0.4 is 15.6 Å². The summed E-state index contributed by atoms with van der Waals surface area (Å²) in [5.74, 6) is 0.602. The SMILES string of the molecule is CCc1cc(=O)[nH]c(SC(CC)C(=O)Nc2ccc(OC)cc2)n1. The van der Waals surface area contributed by atoms with E-state index in [0.717, 1.165) is 5.75 Å². The second kappa shape index (κ2) is 8.54. The van der Waals surface area contributed by atoms with Crippen LogP contribution >= 0.6 is 11.8 Å². The minimum absolute atomic E-state index is 0.128. The van der Waals surface area contributed by atoms with Crippen LogP contribution in [0.2, 0.25) is 0 Å². The summed E-state index contributed by atoms with van der Waals surface area (Å²) in [7, 11) is 1.59. The number of thioether (sulfide) groups is 1. The first kappa shape index (κ1) is 18.1. The Kier molecular flexibility index (Phi) is 6.43. The number of aryl methyl sites for hydroxylation is 1. The van der Waals surface area contributed by atoms with Gasteiger partial charge in [0.1, 0.15) is 5.75 Å². The van der Waals surface area contributed by atoms with Gasteiger partial charge in [-0.05, 0) is 37.1 Å². The molecule has 1 aromatic heterocycles. The number of H-pyrrole nitrogens is 1. The maximum atomic E-state index is 12.5. The van der Waals surface area contributed by atoms with E-state index in [2.05, 4.69) is 15.3 Å². The highest BCUT2D eigenvalue weighted by Crippen LogP contribution is 2.23. The van der Waals surface area contributed by atoms with Crippen molar-refractivity contribution < 1.29 is 9.53 Å². The number of methoxy groups -OCH3 is 1. The average molecular weight is 347 g/mol. The second-order valence-corrected chi connectivity index (χ2v) is 6.32. The lowest BCUT2D eigenvalue weighted by Crippen LogP contribution is -2.25. The number of anilines is 1. The molecule has 0 saturated heterocycles. The highest BCUT2D eigenvalue weighted by atomic mass is 32.2. The number of benzene rings is 1. The summed E-state index contributed by atoms with van der Waals surface area (Å²) >= 11 is 1.26. The van der Waals surface area contributed by atoms with Crippen LogP contribution in [0.4, 0.5) is 5.69 Å². The third kappa shape index (κ3) is 4.86. The average Bonchev–Trinajstić information content (AvgIpc) is 2.59. The molecule has 7 heteroatoms. The van der Waals surface area contributed by atoms with Gasteiger partial charge in [-0.1, -0.05) is 25.6 Å². The molecule has 0 aliphatic carbocycles. The topological polar surface area (TPSA) is 84.1 Å². The second-order valence-electron chi connectivity index (χ2n) is 5.13. The molecule has 2 N–H and O–H groups in total. The fourth-order valence-corrected chi connectivity index (χ4v) is 3.01. The third-order valence-electron chi connectivity index (χ3n) is 3.41. The van der Waals surface area contributed by atoms with Crippen LogP contribution in [0, 0.1) is 0 Å². The maximum absolute atomic E-state index is 12.5. The number of hydrogen-bond donors (Lipinski definition) is 2. The number of rotatable bonds is 7. The van der Waals surface area contributed by atoms with Crippen molar-refractivity contribution in [2.45, 2.75) is 37.1 Å². The lowest BCUT2D eigenvalue weighted by Gasteiger charge is -2.14. The number of aromatic nitrogens is 2. The number of aromatic amines is 1. The highest BCUT2D eigenvalue weighted by Gasteiger charge is 2.19. The summed E-state index contributed by atoms with van der Waals surface area (Å²) in [5, 5.41) is 3.00. The molecule has 1 unspecified atom stereocenters. The van der Waals surface area contributed by atoms with E-state index in [1.165, 1.54) is 17.8 Å². The molecule has 24 heavy (non-hydrogen) atoms. The number of nitrogens with one attached hydrogen (secondary N) is 2. The number of hydrogen-bond acceptors (Lipinski definition) is 5. The minimum atomic E-state index is -0.345. The van der Waals surface area contributed by atoms with Crippen molar-refractivity contribution in [1.29, 1.82) is 0 Å². The molecule has 0 bridgehead atoms. The zero-order valence-corrected chi connectivity index (χ0v) is 14.8. The van der Waals surface area contributed by atoms with Crippen LogP contribution in [0.15, 0.2) is 40.3 Å². The van der Waals surface area contributed by atoms with Gasteiger partial charge < -0.3 is 15.0 Å². The van der Waals surface area contributed by atoms with Crippen LogP contribution in [-0.4, -0.2) is 28.2 Å². The molecule has 2 aromatic rings. The van der Waals surface area contributed by atoms with Gasteiger partial charge in [0.2, 0.25) is 5.91 Å². The fourth-order valence-electron chi connectivity index (χ4n) is 2.07. The molecule has 0 aliphatic heterocycles. The van der Waals surface area contributed by atoms with E-state index in [1.807, 2.05) is 13.8 Å². The predicted molar refractivity (Wildman–Crippen MR) is 95.8 cm³/mol. The molecule has 0 spiro atoms. The number of nitrogens with zero attached hydrogens (tertiary/aromatic N) is 1. The number of amides is 1. The largest absolute Gasteiger partial charge is 0.497 e. The number of carbonyl (C=O) groups excluding carboxylic acids is 1. The van der Waals surface area contributed by atoms with E-state index >= 15 is 0 Å². The standard InChI is InChI=1S/C17H21N3O3S/c1-4-11-10-15(21)20-17(19-11)24-14(5-2)16(22)18-12-6-8-13(23-3)9-7-12/h6-10,14H,4-5H2,1-3H3,(H,18,22)(H,19,20,21). The third-order valence-corrected chi connectivity index (χ3v) is 4.66. The molecule has 1 atom stereocenters. The van der Waals surface area contributed by atoms with E-state index in [4.69, 9.17) is 4.74 Å². The van der Waals surface area contributed by atoms with Crippen molar-refractivity contribution >= 4 is 23.4 Å². The molecule has 0 radical (unpaired) electrons. The first-order valence-corrected chi connectivity index (χ1v) is 8.65. The van der Waals surface area contributed by atoms with Crippen LogP contribution in [-0.2, 0) is 11.2 Å². The van der Waals surface area contributed by atoms with Crippen LogP contribution in [0.5, 0.6) is 5.75 Å². The predicted octanol–water partition coefficient (Wildman–Crippen LogP) is 2.85. The number of carbonyl (C=O) groups is 1. The van der Waals surface area contributed by atoms with E-state index < -0.39 is 0 Å². The smallest absolute Gasteiger partial charge is 0.251 e. The minimum Gasteiger partial charge on any atom is -0.497 e. The van der Waals surface area contributed by atoms with Crippen molar-refractivity contribution in [2.75, 3.05) is 12.4 Å². The van der Waals surface area contributed by atoms with E-state index in [9.17, 15) is 9.59 Å². The Morgan fingerprint density at radius 1 is 1.33 bits per heavy atom. The highest BCUT2D eigenvalue weighted by molar-refractivity contribution is 8.00. The molecule has 1 aromatic carbocycles. The molecule has 6 nitrogen and oxygen atoms in total. The normalized spacial score (nSPS) is 11.8. The van der Waals surface area contributed by atoms with Gasteiger partial charge in [-0.15, -0.1) is 0 Å². The molecule has 0 aliphatic rings. The van der Waals surface area contributed by atoms with Crippen LogP contribution in [0.1, 0.15) is 26.0 Å². The first-order chi connectivity index (χ1) is 11.5. The Hall–Kier alpha value is -2.28. The maximum Gasteiger partial charge on any atom is 0.251 e. The Morgan fingerprint density at radius 2 is 2.04 bits per heavy atom. The fraction of sp³-hybridized carbons (Fsp3) is 0.353. The van der Waals surface area contributed by atoms with E-state index in [0.29, 0.717) is 29.4 Å². The van der Waals surface area contributed by atoms with Crippen molar-refractivity contribution in [3.8, 4) is 5.75 Å². The monoisotopic (exact) mass is 347 g/mol. The lowest BCUT2D eigenvalue weighted by atomic mass is 10.2. The van der Waals surface area contributed by atoms with Gasteiger partial charge in [0.05, 0.1) is 12.4 Å². The molecule has 128 valence electrons. The molecular weight excluding hydrogens is 326 g/mol. The Labute approximate surface area is 145 Å². The zero-order valence-electron chi connectivity index (χ0n) is 14.0. The summed E-state index contributed by atoms with van der Waals surface area (Å²) in [6.45, 7) is 3.86. The van der Waals surface area contributed by atoms with Gasteiger partial charge in [0.25, 0.3) is 5.56 Å². The van der Waals surface area contributed by atoms with Gasteiger partial charge in [-0.25, -0.2) is 4.98 Å². The molecular formula is C17H21N3O3S. The van der Waals surface area contributed by atoms with E-state index in [1.54, 1.807) is 31.4 Å². The van der Waals surface area contributed by atoms with Crippen molar-refractivity contribution in [2.24, 2.45) is 0 Å². The first-order valence-electron chi connectivity index (χ1n) is 7.77. The van der Waals surface area contributed by atoms with Gasteiger partial charge in [-0.2, -0.15) is 0 Å². The quantitative estimate of drug-likeness (QED) is 0.594. The summed E-state index contributed by atoms with van der Waals surface area (Å²) in [4.78, 5) is 31.1. The van der Waals surface area contributed by atoms with Crippen molar-refractivity contribution in [3.05, 3.63) is 46.4 Å². The molecule has 2 rings (SSSR count). The van der Waals surface area contributed by atoms with Gasteiger partial charge in [0.15, 0.2) is 5.16 Å². The van der Waals surface area contributed by atoms with Crippen LogP contribution in [0.25, 0.3) is 0 Å². The summed E-state index contributed by atoms with van der Waals surface area (Å²) in [6, 6.07) is 8.61. The molecule has 1 amide bonds. The summed E-state index contributed by atoms with van der Waals surface area (Å²) in [6.07, 6.45) is 1.29. The van der Waals surface area contributed by atoms with Crippen molar-refractivity contribution in [3.63, 3.8) is 0 Å². The molecule has 0 saturated carbocycles. The zero-order chi connectivity index (χ0) is 17.5. The molecule has 1 heterocycles. The van der Waals surface area contributed by atoms with E-state index in [-0.39, 0.29) is 16.7 Å². The van der Waals surface area contributed by atoms with Crippen molar-refractivity contribution in [1.82, 2.24) is 9.97 Å². The summed E-state index contributed by atoms with van der Waals surface area (Å²) in [5.41, 5.74) is 1.21. The Balaban J connectivity index is 2.08. The van der Waals surface area contributed by atoms with Gasteiger partial charge in [-0.3, -0.25) is 9.59 Å². The Morgan fingerprint density at radius 3 is 2.62 bits per heavy atom. The Bertz CT molecular complexity index is 743. The number of ether oxygens (including phenoxy) is 1. The summed E-state index contributed by atoms with van der Waals surface area (Å²) < 4.78 is 5.10. The molecule has 0 fully saturated rings. The van der Waals surface area contributed by atoms with Gasteiger partial charge >= 0.3 is 0 Å². The van der Waals surface area contributed by atoms with Crippen LogP contribution in [0.3, 0.4) is 0 Å².